The van der Waals surface area contributed by atoms with Gasteiger partial charge in [-0.3, -0.25) is 9.59 Å². The van der Waals surface area contributed by atoms with Crippen LogP contribution in [0.3, 0.4) is 0 Å². The number of nitrogens with one attached hydrogen (secondary N) is 1. The number of amides is 1. The van der Waals surface area contributed by atoms with E-state index in [-0.39, 0.29) is 81.6 Å². The van der Waals surface area contributed by atoms with Gasteiger partial charge < -0.3 is 24.6 Å². The molecule has 8 nitrogen and oxygen atoms in total. The standard InChI is InChI=1S/C40H67NO7/c1-24(2)33(34(45)46-11)41-30(43)13-14-31(44)47-29-17-20-37(7)27(36(29,5)6)16-22-38(8)28(37)23-26(42)32-25(15-21-39(32,38)9)40(10)19-12-18-35(3,4)48-40/h24-29,32-33,42H,12-23H2,1-11H3,(H,41,43)/t25-,26+,27-,28+,29-,32-,33+,37-,38+,39+,40+/m0/s1. The molecule has 0 aromatic heterocycles. The second-order valence-corrected chi connectivity index (χ2v) is 19.1. The molecule has 1 heterocycles. The summed E-state index contributed by atoms with van der Waals surface area (Å²) >= 11 is 0. The Hall–Kier alpha value is -1.67. The summed E-state index contributed by atoms with van der Waals surface area (Å²) in [4.78, 5) is 37.8. The van der Waals surface area contributed by atoms with Crippen LogP contribution >= 0.6 is 0 Å². The normalized spacial score (nSPS) is 43.7. The molecule has 4 saturated carbocycles. The van der Waals surface area contributed by atoms with Gasteiger partial charge >= 0.3 is 11.9 Å². The molecular weight excluding hydrogens is 606 g/mol. The van der Waals surface area contributed by atoms with Crippen LogP contribution in [0.5, 0.6) is 0 Å². The van der Waals surface area contributed by atoms with E-state index in [0.717, 1.165) is 57.8 Å². The van der Waals surface area contributed by atoms with E-state index >= 15 is 0 Å². The highest BCUT2D eigenvalue weighted by molar-refractivity contribution is 5.86. The van der Waals surface area contributed by atoms with Crippen molar-refractivity contribution in [1.29, 1.82) is 0 Å². The Morgan fingerprint density at radius 2 is 1.52 bits per heavy atom. The van der Waals surface area contributed by atoms with Crippen molar-refractivity contribution in [3.8, 4) is 0 Å². The van der Waals surface area contributed by atoms with Crippen LogP contribution in [0.2, 0.25) is 0 Å². The number of hydrogen-bond donors (Lipinski definition) is 2. The van der Waals surface area contributed by atoms with E-state index in [2.05, 4.69) is 60.7 Å². The topological polar surface area (TPSA) is 111 Å². The average Bonchev–Trinajstić information content (AvgIpc) is 3.37. The summed E-state index contributed by atoms with van der Waals surface area (Å²) in [5, 5.41) is 14.9. The fraction of sp³-hybridized carbons (Fsp3) is 0.925. The summed E-state index contributed by atoms with van der Waals surface area (Å²) in [6.45, 7) is 22.6. The van der Waals surface area contributed by atoms with E-state index in [0.29, 0.717) is 17.8 Å². The van der Waals surface area contributed by atoms with Crippen molar-refractivity contribution in [3.05, 3.63) is 0 Å². The van der Waals surface area contributed by atoms with Crippen LogP contribution in [-0.4, -0.2) is 59.5 Å². The third-order valence-electron chi connectivity index (χ3n) is 15.3. The van der Waals surface area contributed by atoms with Crippen LogP contribution in [0.1, 0.15) is 146 Å². The van der Waals surface area contributed by atoms with Crippen LogP contribution < -0.4 is 5.32 Å². The molecule has 4 aliphatic carbocycles. The zero-order valence-corrected chi connectivity index (χ0v) is 32.0. The average molecular weight is 674 g/mol. The highest BCUT2D eigenvalue weighted by Gasteiger charge is 2.72. The molecule has 0 radical (unpaired) electrons. The third-order valence-corrected chi connectivity index (χ3v) is 15.3. The van der Waals surface area contributed by atoms with Crippen molar-refractivity contribution < 1.29 is 33.7 Å². The van der Waals surface area contributed by atoms with Crippen LogP contribution in [0.15, 0.2) is 0 Å². The third kappa shape index (κ3) is 6.15. The smallest absolute Gasteiger partial charge is 0.328 e. The zero-order valence-electron chi connectivity index (χ0n) is 32.0. The highest BCUT2D eigenvalue weighted by atomic mass is 16.5. The maximum Gasteiger partial charge on any atom is 0.328 e. The predicted molar refractivity (Wildman–Crippen MR) is 186 cm³/mol. The zero-order chi connectivity index (χ0) is 35.7. The summed E-state index contributed by atoms with van der Waals surface area (Å²) in [6, 6.07) is -0.743. The molecule has 0 spiro atoms. The van der Waals surface area contributed by atoms with E-state index in [1.165, 1.54) is 13.5 Å². The van der Waals surface area contributed by atoms with Crippen molar-refractivity contribution >= 4 is 17.8 Å². The molecule has 274 valence electrons. The van der Waals surface area contributed by atoms with Gasteiger partial charge in [0, 0.05) is 11.8 Å². The maximum absolute atomic E-state index is 13.1. The number of carbonyl (C=O) groups excluding carboxylic acids is 3. The monoisotopic (exact) mass is 673 g/mol. The molecule has 5 rings (SSSR count). The van der Waals surface area contributed by atoms with Crippen molar-refractivity contribution in [1.82, 2.24) is 5.32 Å². The lowest BCUT2D eigenvalue weighted by atomic mass is 9.35. The number of rotatable bonds is 8. The Kier molecular flexibility index (Phi) is 10.0. The van der Waals surface area contributed by atoms with Gasteiger partial charge in [-0.05, 0) is 131 Å². The highest BCUT2D eigenvalue weighted by Crippen LogP contribution is 2.76. The molecule has 5 aliphatic rings. The molecule has 0 aromatic carbocycles. The number of aliphatic hydroxyl groups excluding tert-OH is 1. The molecule has 11 atom stereocenters. The molecular formula is C40H67NO7. The Bertz CT molecular complexity index is 1250. The summed E-state index contributed by atoms with van der Waals surface area (Å²) < 4.78 is 17.9. The van der Waals surface area contributed by atoms with Crippen molar-refractivity contribution in [3.63, 3.8) is 0 Å². The number of fused-ring (bicyclic) bond motifs is 5. The van der Waals surface area contributed by atoms with Crippen LogP contribution in [0.4, 0.5) is 0 Å². The fourth-order valence-electron chi connectivity index (χ4n) is 12.8. The molecule has 48 heavy (non-hydrogen) atoms. The van der Waals surface area contributed by atoms with Crippen LogP contribution in [-0.2, 0) is 28.6 Å². The number of aliphatic hydroxyl groups is 1. The summed E-state index contributed by atoms with van der Waals surface area (Å²) in [5.41, 5.74) is -0.376. The number of carbonyl (C=O) groups is 3. The first-order chi connectivity index (χ1) is 22.1. The Balaban J connectivity index is 1.28. The van der Waals surface area contributed by atoms with Gasteiger partial charge in [-0.15, -0.1) is 0 Å². The van der Waals surface area contributed by atoms with Gasteiger partial charge in [-0.25, -0.2) is 4.79 Å². The van der Waals surface area contributed by atoms with Gasteiger partial charge in [0.05, 0.1) is 30.8 Å². The first-order valence-electron chi connectivity index (χ1n) is 19.1. The van der Waals surface area contributed by atoms with Crippen molar-refractivity contribution in [2.24, 2.45) is 51.2 Å². The van der Waals surface area contributed by atoms with E-state index in [1.807, 2.05) is 13.8 Å². The number of methoxy groups -OCH3 is 1. The minimum absolute atomic E-state index is 0.0271. The summed E-state index contributed by atoms with van der Waals surface area (Å²) in [5.74, 6) is 0.00751. The van der Waals surface area contributed by atoms with Crippen LogP contribution in [0.25, 0.3) is 0 Å². The quantitative estimate of drug-likeness (QED) is 0.259. The molecule has 1 amide bonds. The van der Waals surface area contributed by atoms with Gasteiger partial charge in [0.2, 0.25) is 5.91 Å². The summed E-state index contributed by atoms with van der Waals surface area (Å²) in [7, 11) is 1.30. The lowest BCUT2D eigenvalue weighted by Gasteiger charge is -2.70. The van der Waals surface area contributed by atoms with E-state index in [1.54, 1.807) is 0 Å². The molecule has 1 aliphatic heterocycles. The largest absolute Gasteiger partial charge is 0.467 e. The molecule has 5 fully saturated rings. The molecule has 0 unspecified atom stereocenters. The maximum atomic E-state index is 13.1. The lowest BCUT2D eigenvalue weighted by Crippen LogP contribution is -2.67. The molecule has 8 heteroatoms. The Labute approximate surface area is 290 Å². The number of esters is 2. The molecule has 1 saturated heterocycles. The van der Waals surface area contributed by atoms with Crippen molar-refractivity contribution in [2.75, 3.05) is 7.11 Å². The van der Waals surface area contributed by atoms with Gasteiger partial charge in [0.1, 0.15) is 12.1 Å². The summed E-state index contributed by atoms with van der Waals surface area (Å²) in [6.07, 6.45) is 9.75. The fourth-order valence-corrected chi connectivity index (χ4v) is 12.8. The van der Waals surface area contributed by atoms with Crippen molar-refractivity contribution in [2.45, 2.75) is 176 Å². The van der Waals surface area contributed by atoms with E-state index < -0.39 is 12.0 Å². The van der Waals surface area contributed by atoms with E-state index in [9.17, 15) is 19.5 Å². The number of ether oxygens (including phenoxy) is 3. The minimum atomic E-state index is -0.743. The predicted octanol–water partition coefficient (Wildman–Crippen LogP) is 7.39. The number of hydrogen-bond acceptors (Lipinski definition) is 7. The van der Waals surface area contributed by atoms with Gasteiger partial charge in [0.25, 0.3) is 0 Å². The molecule has 2 N–H and O–H groups in total. The SMILES string of the molecule is COC(=O)[C@H](NC(=O)CCC(=O)O[C@H]1CC[C@]2(C)[C@H]3C[C@@H](O)[C@@H]4[C@@H]([C@@]5(C)CCCC(C)(C)O5)CC[C@@]4(C)[C@]3(C)CC[C@H]2C1(C)C)C(C)C. The molecule has 0 bridgehead atoms. The Morgan fingerprint density at radius 3 is 2.15 bits per heavy atom. The van der Waals surface area contributed by atoms with Gasteiger partial charge in [-0.1, -0.05) is 48.5 Å². The molecule has 0 aromatic rings. The van der Waals surface area contributed by atoms with Crippen LogP contribution in [0, 0.1) is 51.2 Å². The first kappa shape index (κ1) is 37.6. The van der Waals surface area contributed by atoms with Gasteiger partial charge in [-0.2, -0.15) is 0 Å². The minimum Gasteiger partial charge on any atom is -0.467 e. The first-order valence-corrected chi connectivity index (χ1v) is 19.1. The van der Waals surface area contributed by atoms with Gasteiger partial charge in [0.15, 0.2) is 0 Å². The van der Waals surface area contributed by atoms with E-state index in [4.69, 9.17) is 14.2 Å². The second kappa shape index (κ2) is 12.8. The second-order valence-electron chi connectivity index (χ2n) is 19.1. The Morgan fingerprint density at radius 1 is 0.854 bits per heavy atom. The lowest BCUT2D eigenvalue weighted by molar-refractivity contribution is -0.259.